The van der Waals surface area contributed by atoms with Gasteiger partial charge in [0.1, 0.15) is 17.4 Å². The molecule has 0 aromatic heterocycles. The third-order valence-corrected chi connectivity index (χ3v) is 5.48. The van der Waals surface area contributed by atoms with Gasteiger partial charge in [-0.1, -0.05) is 51.4 Å². The van der Waals surface area contributed by atoms with Gasteiger partial charge >= 0.3 is 5.97 Å². The summed E-state index contributed by atoms with van der Waals surface area (Å²) in [6, 6.07) is 2.14. The predicted octanol–water partition coefficient (Wildman–Crippen LogP) is 4.91. The summed E-state index contributed by atoms with van der Waals surface area (Å²) in [7, 11) is 0. The van der Waals surface area contributed by atoms with Gasteiger partial charge < -0.3 is 9.84 Å². The van der Waals surface area contributed by atoms with E-state index in [1.165, 1.54) is 6.42 Å². The lowest BCUT2D eigenvalue weighted by Gasteiger charge is -2.25. The number of carbonyl (C=O) groups is 2. The van der Waals surface area contributed by atoms with Crippen LogP contribution in [0.4, 0.5) is 0 Å². The van der Waals surface area contributed by atoms with Gasteiger partial charge in [-0.3, -0.25) is 4.79 Å². The molecule has 0 bridgehead atoms. The normalized spacial score (nSPS) is 23.4. The summed E-state index contributed by atoms with van der Waals surface area (Å²) in [4.78, 5) is 24.6. The smallest absolute Gasteiger partial charge is 0.345 e. The lowest BCUT2D eigenvalue weighted by molar-refractivity contribution is -0.151. The number of unbranched alkanes of at least 4 members (excludes halogenated alkanes) is 5. The van der Waals surface area contributed by atoms with Gasteiger partial charge in [-0.2, -0.15) is 5.26 Å². The molecule has 0 aromatic carbocycles. The van der Waals surface area contributed by atoms with E-state index in [0.29, 0.717) is 25.2 Å². The first-order chi connectivity index (χ1) is 12.6. The van der Waals surface area contributed by atoms with E-state index in [0.717, 1.165) is 57.8 Å². The van der Waals surface area contributed by atoms with Crippen molar-refractivity contribution < 1.29 is 19.4 Å². The second-order valence-corrected chi connectivity index (χ2v) is 7.65. The largest absolute Gasteiger partial charge is 0.511 e. The number of ether oxygens (including phenoxy) is 1. The highest BCUT2D eigenvalue weighted by atomic mass is 16.5. The Hall–Kier alpha value is -1.83. The molecule has 1 N–H and O–H groups in total. The fourth-order valence-electron chi connectivity index (χ4n) is 3.99. The number of rotatable bonds is 9. The monoisotopic (exact) mass is 361 g/mol. The Balaban J connectivity index is 1.75. The molecule has 0 spiro atoms. The van der Waals surface area contributed by atoms with Gasteiger partial charge in [0.2, 0.25) is 0 Å². The lowest BCUT2D eigenvalue weighted by atomic mass is 9.85. The molecule has 1 heterocycles. The van der Waals surface area contributed by atoms with Crippen LogP contribution in [0.2, 0.25) is 0 Å². The number of ketones is 1. The molecule has 1 aliphatic carbocycles. The number of allylic oxidation sites excluding steroid dienone is 1. The maximum atomic E-state index is 12.4. The van der Waals surface area contributed by atoms with Crippen LogP contribution < -0.4 is 0 Å². The summed E-state index contributed by atoms with van der Waals surface area (Å²) in [5.41, 5.74) is -0.108. The third-order valence-electron chi connectivity index (χ3n) is 5.48. The maximum absolute atomic E-state index is 12.4. The van der Waals surface area contributed by atoms with Crippen molar-refractivity contribution in [2.24, 2.45) is 5.92 Å². The van der Waals surface area contributed by atoms with E-state index in [4.69, 9.17) is 10.00 Å². The van der Waals surface area contributed by atoms with Crippen LogP contribution in [-0.2, 0) is 14.3 Å². The standard InChI is InChI=1S/C21H31NO4/c22-13-9-4-2-1-3-8-12-17-15-19(24)20(21(25)26-17)18(23)14-16-10-6-5-7-11-16/h16-17,23H,1-12,14-15H2. The van der Waals surface area contributed by atoms with E-state index in [1.807, 2.05) is 0 Å². The van der Waals surface area contributed by atoms with Crippen molar-refractivity contribution >= 4 is 11.8 Å². The zero-order valence-corrected chi connectivity index (χ0v) is 15.7. The molecule has 1 aliphatic heterocycles. The van der Waals surface area contributed by atoms with Crippen molar-refractivity contribution in [1.82, 2.24) is 0 Å². The topological polar surface area (TPSA) is 87.4 Å². The van der Waals surface area contributed by atoms with Crippen LogP contribution in [-0.4, -0.2) is 23.0 Å². The zero-order chi connectivity index (χ0) is 18.8. The third kappa shape index (κ3) is 6.48. The van der Waals surface area contributed by atoms with Crippen LogP contribution in [0.3, 0.4) is 0 Å². The molecular formula is C21H31NO4. The Morgan fingerprint density at radius 1 is 1.08 bits per heavy atom. The molecule has 1 atom stereocenters. The fraction of sp³-hybridized carbons (Fsp3) is 0.762. The number of cyclic esters (lactones) is 1. The average Bonchev–Trinajstić information content (AvgIpc) is 2.61. The van der Waals surface area contributed by atoms with Crippen LogP contribution in [0.15, 0.2) is 11.3 Å². The molecule has 1 unspecified atom stereocenters. The molecule has 26 heavy (non-hydrogen) atoms. The summed E-state index contributed by atoms with van der Waals surface area (Å²) < 4.78 is 5.40. The van der Waals surface area contributed by atoms with E-state index in [9.17, 15) is 14.7 Å². The number of nitrogens with zero attached hydrogens (tertiary/aromatic N) is 1. The quantitative estimate of drug-likeness (QED) is 0.207. The van der Waals surface area contributed by atoms with Gasteiger partial charge in [-0.15, -0.1) is 0 Å². The Morgan fingerprint density at radius 3 is 2.46 bits per heavy atom. The molecular weight excluding hydrogens is 330 g/mol. The summed E-state index contributed by atoms with van der Waals surface area (Å²) in [5.74, 6) is -0.611. The van der Waals surface area contributed by atoms with Gasteiger partial charge in [0.05, 0.1) is 6.07 Å². The van der Waals surface area contributed by atoms with Crippen LogP contribution >= 0.6 is 0 Å². The highest BCUT2D eigenvalue weighted by Gasteiger charge is 2.35. The first-order valence-electron chi connectivity index (χ1n) is 10.1. The zero-order valence-electron chi connectivity index (χ0n) is 15.7. The molecule has 2 aliphatic rings. The van der Waals surface area contributed by atoms with E-state index in [2.05, 4.69) is 6.07 Å². The molecule has 2 rings (SSSR count). The molecule has 0 radical (unpaired) electrons. The molecule has 0 amide bonds. The number of aliphatic hydroxyl groups is 1. The summed E-state index contributed by atoms with van der Waals surface area (Å²) in [6.07, 6.45) is 12.1. The maximum Gasteiger partial charge on any atom is 0.345 e. The molecule has 5 heteroatoms. The average molecular weight is 361 g/mol. The minimum Gasteiger partial charge on any atom is -0.511 e. The summed E-state index contributed by atoms with van der Waals surface area (Å²) in [5, 5.41) is 18.8. The SMILES string of the molecule is N#CCCCCCCCC1CC(=O)C(=C(O)CC2CCCCC2)C(=O)O1. The van der Waals surface area contributed by atoms with Crippen LogP contribution in [0.1, 0.15) is 89.9 Å². The van der Waals surface area contributed by atoms with E-state index in [1.54, 1.807) is 0 Å². The number of carbonyl (C=O) groups excluding carboxylic acids is 2. The van der Waals surface area contributed by atoms with Crippen molar-refractivity contribution in [2.45, 2.75) is 96.0 Å². The Bertz CT molecular complexity index is 535. The Kier molecular flexibility index (Phi) is 8.67. The second-order valence-electron chi connectivity index (χ2n) is 7.65. The van der Waals surface area contributed by atoms with E-state index in [-0.39, 0.29) is 29.6 Å². The number of Topliss-reactive ketones (excluding diaryl/α,β-unsaturated/α-hetero) is 1. The molecule has 2 fully saturated rings. The number of hydrogen-bond donors (Lipinski definition) is 1. The highest BCUT2D eigenvalue weighted by Crippen LogP contribution is 2.31. The molecule has 144 valence electrons. The van der Waals surface area contributed by atoms with Crippen molar-refractivity contribution in [2.75, 3.05) is 0 Å². The summed E-state index contributed by atoms with van der Waals surface area (Å²) >= 11 is 0. The van der Waals surface area contributed by atoms with E-state index < -0.39 is 5.97 Å². The van der Waals surface area contributed by atoms with Crippen molar-refractivity contribution in [1.29, 1.82) is 5.26 Å². The van der Waals surface area contributed by atoms with E-state index >= 15 is 0 Å². The highest BCUT2D eigenvalue weighted by molar-refractivity contribution is 6.19. The van der Waals surface area contributed by atoms with Crippen LogP contribution in [0, 0.1) is 17.2 Å². The first-order valence-corrected chi connectivity index (χ1v) is 10.1. The molecule has 5 nitrogen and oxygen atoms in total. The minimum absolute atomic E-state index is 0.0668. The molecule has 1 saturated carbocycles. The number of nitriles is 1. The molecule has 0 aromatic rings. The van der Waals surface area contributed by atoms with Gasteiger partial charge in [0, 0.05) is 19.3 Å². The summed E-state index contributed by atoms with van der Waals surface area (Å²) in [6.45, 7) is 0. The predicted molar refractivity (Wildman–Crippen MR) is 98.3 cm³/mol. The number of hydrogen-bond acceptors (Lipinski definition) is 5. The van der Waals surface area contributed by atoms with Gasteiger partial charge in [0.15, 0.2) is 5.78 Å². The van der Waals surface area contributed by atoms with Gasteiger partial charge in [-0.25, -0.2) is 4.79 Å². The Morgan fingerprint density at radius 2 is 1.77 bits per heavy atom. The van der Waals surface area contributed by atoms with Gasteiger partial charge in [0.25, 0.3) is 0 Å². The number of esters is 1. The minimum atomic E-state index is -0.645. The van der Waals surface area contributed by atoms with Crippen LogP contribution in [0.25, 0.3) is 0 Å². The van der Waals surface area contributed by atoms with Crippen LogP contribution in [0.5, 0.6) is 0 Å². The number of aliphatic hydroxyl groups excluding tert-OH is 1. The second kappa shape index (κ2) is 11.0. The lowest BCUT2D eigenvalue weighted by Crippen LogP contribution is -2.33. The Labute approximate surface area is 156 Å². The van der Waals surface area contributed by atoms with Crippen molar-refractivity contribution in [3.63, 3.8) is 0 Å². The first kappa shape index (κ1) is 20.5. The van der Waals surface area contributed by atoms with Crippen molar-refractivity contribution in [3.05, 3.63) is 11.3 Å². The van der Waals surface area contributed by atoms with Crippen molar-refractivity contribution in [3.8, 4) is 6.07 Å². The fourth-order valence-corrected chi connectivity index (χ4v) is 3.99. The molecule has 1 saturated heterocycles. The van der Waals surface area contributed by atoms with Gasteiger partial charge in [-0.05, 0) is 25.2 Å².